The second kappa shape index (κ2) is 10.1. The monoisotopic (exact) mass is 625 g/mol. The molecule has 0 aliphatic rings. The van der Waals surface area contributed by atoms with Crippen molar-refractivity contribution in [1.82, 2.24) is 9.97 Å². The first-order valence-corrected chi connectivity index (χ1v) is 11.3. The first kappa shape index (κ1) is 22.9. The van der Waals surface area contributed by atoms with E-state index in [9.17, 15) is 0 Å². The predicted octanol–water partition coefficient (Wildman–Crippen LogP) is 8.04. The molecule has 7 rings (SSSR count). The number of fused-ring (bicyclic) bond motifs is 7. The van der Waals surface area contributed by atoms with Crippen molar-refractivity contribution >= 4 is 43.2 Å². The summed E-state index contributed by atoms with van der Waals surface area (Å²) < 4.78 is 0. The first-order chi connectivity index (χ1) is 16.9. The fourth-order valence-corrected chi connectivity index (χ4v) is 4.39. The van der Waals surface area contributed by atoms with E-state index in [0.717, 1.165) is 22.2 Å². The summed E-state index contributed by atoms with van der Waals surface area (Å²) in [5.74, 6) is 0. The number of rotatable bonds is 1. The van der Waals surface area contributed by atoms with E-state index in [1.807, 2.05) is 48.7 Å². The van der Waals surface area contributed by atoms with Gasteiger partial charge in [0, 0.05) is 32.5 Å². The fourth-order valence-electron chi connectivity index (χ4n) is 4.39. The van der Waals surface area contributed by atoms with Crippen LogP contribution >= 0.6 is 0 Å². The van der Waals surface area contributed by atoms with Gasteiger partial charge in [0.25, 0.3) is 0 Å². The Hall–Kier alpha value is -3.91. The van der Waals surface area contributed by atoms with E-state index in [1.54, 1.807) is 6.20 Å². The van der Waals surface area contributed by atoms with Crippen LogP contribution in [-0.2, 0) is 20.1 Å². The van der Waals surface area contributed by atoms with Crippen LogP contribution in [0.3, 0.4) is 0 Å². The van der Waals surface area contributed by atoms with Gasteiger partial charge in [0.2, 0.25) is 0 Å². The van der Waals surface area contributed by atoms with E-state index in [1.165, 1.54) is 32.3 Å². The van der Waals surface area contributed by atoms with Crippen LogP contribution in [0.2, 0.25) is 0 Å². The first-order valence-electron chi connectivity index (χ1n) is 11.3. The number of hydrogen-bond donors (Lipinski definition) is 0. The normalized spacial score (nSPS) is 10.6. The Morgan fingerprint density at radius 3 is 2.03 bits per heavy atom. The topological polar surface area (TPSA) is 25.8 Å². The summed E-state index contributed by atoms with van der Waals surface area (Å²) in [5.41, 5.74) is 3.04. The van der Waals surface area contributed by atoms with Gasteiger partial charge in [0.1, 0.15) is 0 Å². The maximum absolute atomic E-state index is 4.71. The molecule has 0 saturated heterocycles. The molecule has 0 aliphatic heterocycles. The second-order valence-corrected chi connectivity index (χ2v) is 8.10. The van der Waals surface area contributed by atoms with Gasteiger partial charge in [-0.3, -0.25) is 0 Å². The smallest absolute Gasteiger partial charge is 0.0239 e. The molecule has 169 valence electrons. The van der Waals surface area contributed by atoms with E-state index < -0.39 is 0 Å². The summed E-state index contributed by atoms with van der Waals surface area (Å²) in [6.45, 7) is 0. The summed E-state index contributed by atoms with van der Waals surface area (Å²) in [6, 6.07) is 43.5. The SMILES string of the molecule is [Ir].[c-]1cc2ccccc2c2ccc3c4ccccc4cnc3c12.[c-]1ccccc1-c1ccccn1. The molecular weight excluding hydrogens is 605 g/mol. The fraction of sp³-hybridized carbons (Fsp3) is 0. The molecule has 0 atom stereocenters. The zero-order valence-corrected chi connectivity index (χ0v) is 21.2. The standard InChI is InChI=1S/C21H12N.C11H8N.Ir/c1-3-7-16-14(5-1)9-10-20-18(16)11-12-19-17-8-4-2-6-15(17)13-22-21(19)20;1-2-6-10(7-3-1)11-8-4-5-9-12-11;/h1-9,11-13H;1-6,8-9H;/q2*-1;. The molecule has 0 spiro atoms. The molecule has 35 heavy (non-hydrogen) atoms. The van der Waals surface area contributed by atoms with Crippen molar-refractivity contribution in [2.45, 2.75) is 0 Å². The third-order valence-corrected chi connectivity index (χ3v) is 6.03. The molecule has 2 heterocycles. The van der Waals surface area contributed by atoms with Gasteiger partial charge < -0.3 is 9.97 Å². The summed E-state index contributed by atoms with van der Waals surface area (Å²) in [7, 11) is 0. The zero-order chi connectivity index (χ0) is 22.7. The van der Waals surface area contributed by atoms with Crippen LogP contribution in [0.25, 0.3) is 54.5 Å². The van der Waals surface area contributed by atoms with Crippen molar-refractivity contribution in [3.63, 3.8) is 0 Å². The molecule has 0 N–H and O–H groups in total. The van der Waals surface area contributed by atoms with E-state index in [2.05, 4.69) is 83.8 Å². The maximum Gasteiger partial charge on any atom is 0.0239 e. The summed E-state index contributed by atoms with van der Waals surface area (Å²) >= 11 is 0. The molecule has 0 saturated carbocycles. The number of benzene rings is 5. The molecule has 1 radical (unpaired) electrons. The van der Waals surface area contributed by atoms with Crippen LogP contribution in [0, 0.1) is 12.1 Å². The van der Waals surface area contributed by atoms with Crippen LogP contribution in [0.4, 0.5) is 0 Å². The van der Waals surface area contributed by atoms with Gasteiger partial charge in [0.15, 0.2) is 0 Å². The molecule has 0 unspecified atom stereocenters. The van der Waals surface area contributed by atoms with Crippen molar-refractivity contribution in [2.24, 2.45) is 0 Å². The minimum absolute atomic E-state index is 0. The van der Waals surface area contributed by atoms with E-state index >= 15 is 0 Å². The minimum atomic E-state index is 0. The van der Waals surface area contributed by atoms with Gasteiger partial charge in [-0.2, -0.15) is 0 Å². The largest absolute Gasteiger partial charge is 0.305 e. The Kier molecular flexibility index (Phi) is 6.63. The maximum atomic E-state index is 4.71. The summed E-state index contributed by atoms with van der Waals surface area (Å²) in [6.07, 6.45) is 3.75. The van der Waals surface area contributed by atoms with Crippen LogP contribution in [0.5, 0.6) is 0 Å². The molecule has 0 bridgehead atoms. The quantitative estimate of drug-likeness (QED) is 0.137. The number of pyridine rings is 2. The van der Waals surface area contributed by atoms with Gasteiger partial charge >= 0.3 is 0 Å². The van der Waals surface area contributed by atoms with Gasteiger partial charge in [-0.15, -0.1) is 53.4 Å². The molecule has 0 amide bonds. The third-order valence-electron chi connectivity index (χ3n) is 6.03. The zero-order valence-electron chi connectivity index (χ0n) is 18.8. The van der Waals surface area contributed by atoms with Crippen molar-refractivity contribution in [1.29, 1.82) is 0 Å². The third kappa shape index (κ3) is 4.44. The van der Waals surface area contributed by atoms with E-state index in [0.29, 0.717) is 0 Å². The molecule has 0 fully saturated rings. The Labute approximate surface area is 217 Å². The van der Waals surface area contributed by atoms with Crippen molar-refractivity contribution in [3.8, 4) is 11.3 Å². The van der Waals surface area contributed by atoms with Gasteiger partial charge in [0.05, 0.1) is 0 Å². The molecule has 0 aliphatic carbocycles. The Morgan fingerprint density at radius 1 is 0.543 bits per heavy atom. The minimum Gasteiger partial charge on any atom is -0.305 e. The molecule has 2 nitrogen and oxygen atoms in total. The molecule has 7 aromatic rings. The molecule has 2 aromatic heterocycles. The van der Waals surface area contributed by atoms with Crippen LogP contribution in [0.15, 0.2) is 122 Å². The average molecular weight is 625 g/mol. The van der Waals surface area contributed by atoms with E-state index in [-0.39, 0.29) is 20.1 Å². The van der Waals surface area contributed by atoms with E-state index in [4.69, 9.17) is 4.98 Å². The van der Waals surface area contributed by atoms with Gasteiger partial charge in [-0.1, -0.05) is 89.0 Å². The van der Waals surface area contributed by atoms with Crippen molar-refractivity contribution in [2.75, 3.05) is 0 Å². The summed E-state index contributed by atoms with van der Waals surface area (Å²) in [5, 5.41) is 8.40. The molecule has 5 aromatic carbocycles. The number of aromatic nitrogens is 2. The van der Waals surface area contributed by atoms with Gasteiger partial charge in [-0.05, 0) is 33.4 Å². The molecule has 3 heteroatoms. The summed E-state index contributed by atoms with van der Waals surface area (Å²) in [4.78, 5) is 8.93. The van der Waals surface area contributed by atoms with Crippen LogP contribution in [-0.4, -0.2) is 9.97 Å². The number of nitrogens with zero attached hydrogens (tertiary/aromatic N) is 2. The Bertz CT molecular complexity index is 1610. The van der Waals surface area contributed by atoms with Crippen molar-refractivity contribution in [3.05, 3.63) is 134 Å². The van der Waals surface area contributed by atoms with Gasteiger partial charge in [-0.25, -0.2) is 0 Å². The van der Waals surface area contributed by atoms with Crippen LogP contribution < -0.4 is 0 Å². The Balaban J connectivity index is 0.000000167. The average Bonchev–Trinajstić information content (AvgIpc) is 2.94. The molecular formula is C32H20IrN2-2. The number of hydrogen-bond acceptors (Lipinski definition) is 2. The predicted molar refractivity (Wildman–Crippen MR) is 142 cm³/mol. The second-order valence-electron chi connectivity index (χ2n) is 8.10. The van der Waals surface area contributed by atoms with Crippen molar-refractivity contribution < 1.29 is 20.1 Å². The van der Waals surface area contributed by atoms with Crippen LogP contribution in [0.1, 0.15) is 0 Å². The Morgan fingerprint density at radius 2 is 1.26 bits per heavy atom.